The number of amides is 1. The zero-order chi connectivity index (χ0) is 16.5. The lowest BCUT2D eigenvalue weighted by Crippen LogP contribution is -2.29. The molecule has 8 nitrogen and oxygen atoms in total. The number of thiazole rings is 1. The molecule has 24 heavy (non-hydrogen) atoms. The summed E-state index contributed by atoms with van der Waals surface area (Å²) >= 11 is 2.74. The van der Waals surface area contributed by atoms with Crippen LogP contribution in [0.3, 0.4) is 0 Å². The van der Waals surface area contributed by atoms with Crippen LogP contribution in [-0.2, 0) is 11.3 Å². The van der Waals surface area contributed by atoms with Gasteiger partial charge in [-0.05, 0) is 40.1 Å². The molecule has 1 N–H and O–H groups in total. The van der Waals surface area contributed by atoms with Gasteiger partial charge in [-0.2, -0.15) is 9.36 Å². The second kappa shape index (κ2) is 5.98. The normalized spacial score (nSPS) is 11.0. The van der Waals surface area contributed by atoms with Gasteiger partial charge >= 0.3 is 5.69 Å². The van der Waals surface area contributed by atoms with Crippen LogP contribution in [0.4, 0.5) is 5.13 Å². The summed E-state index contributed by atoms with van der Waals surface area (Å²) in [6.07, 6.45) is 0. The van der Waals surface area contributed by atoms with E-state index >= 15 is 0 Å². The van der Waals surface area contributed by atoms with Crippen molar-refractivity contribution in [1.82, 2.24) is 24.8 Å². The fraction of sp³-hybridized carbons (Fsp3) is 0.0714. The van der Waals surface area contributed by atoms with Crippen molar-refractivity contribution in [3.05, 3.63) is 52.3 Å². The molecule has 120 valence electrons. The fourth-order valence-corrected chi connectivity index (χ4v) is 3.67. The maximum atomic E-state index is 12.2. The summed E-state index contributed by atoms with van der Waals surface area (Å²) in [4.78, 5) is 28.7. The van der Waals surface area contributed by atoms with Crippen LogP contribution in [0.1, 0.15) is 0 Å². The molecule has 0 fully saturated rings. The number of tetrazole rings is 1. The van der Waals surface area contributed by atoms with Crippen molar-refractivity contribution in [3.63, 3.8) is 0 Å². The zero-order valence-electron chi connectivity index (χ0n) is 12.1. The lowest BCUT2D eigenvalue weighted by atomic mass is 10.3. The molecule has 0 saturated heterocycles. The third kappa shape index (κ3) is 2.72. The van der Waals surface area contributed by atoms with E-state index in [0.29, 0.717) is 10.1 Å². The highest BCUT2D eigenvalue weighted by Gasteiger charge is 2.14. The minimum atomic E-state index is -0.461. The van der Waals surface area contributed by atoms with Gasteiger partial charge < -0.3 is 5.32 Å². The lowest BCUT2D eigenvalue weighted by Gasteiger charge is -1.99. The van der Waals surface area contributed by atoms with E-state index in [-0.39, 0.29) is 12.5 Å². The van der Waals surface area contributed by atoms with Crippen molar-refractivity contribution >= 4 is 43.9 Å². The van der Waals surface area contributed by atoms with Gasteiger partial charge in [0.2, 0.25) is 5.91 Å². The first-order valence-corrected chi connectivity index (χ1v) is 8.62. The zero-order valence-corrected chi connectivity index (χ0v) is 13.8. The Bertz CT molecular complexity index is 1030. The Morgan fingerprint density at radius 2 is 2.04 bits per heavy atom. The van der Waals surface area contributed by atoms with Crippen LogP contribution < -0.4 is 11.0 Å². The van der Waals surface area contributed by atoms with E-state index < -0.39 is 5.69 Å². The second-order valence-corrected chi connectivity index (χ2v) is 6.77. The molecule has 4 rings (SSSR count). The Hall–Kier alpha value is -2.85. The average Bonchev–Trinajstić information content (AvgIpc) is 3.27. The Balaban J connectivity index is 1.51. The number of anilines is 1. The number of rotatable bonds is 4. The standard InChI is InChI=1S/C14H10N6O2S2/c21-11(16-13-15-9-4-1-2-5-10(9)24-13)8-19-14(22)20(18-17-19)12-6-3-7-23-12/h1-7H,8H2,(H,15,16,21). The molecule has 0 aliphatic rings. The minimum Gasteiger partial charge on any atom is -0.300 e. The van der Waals surface area contributed by atoms with Gasteiger partial charge in [0.15, 0.2) is 5.13 Å². The molecule has 10 heteroatoms. The maximum absolute atomic E-state index is 12.2. The molecule has 0 radical (unpaired) electrons. The number of para-hydroxylation sites is 1. The van der Waals surface area contributed by atoms with E-state index in [2.05, 4.69) is 20.7 Å². The van der Waals surface area contributed by atoms with Gasteiger partial charge in [0.25, 0.3) is 0 Å². The molecular weight excluding hydrogens is 348 g/mol. The van der Waals surface area contributed by atoms with Gasteiger partial charge in [0, 0.05) is 0 Å². The van der Waals surface area contributed by atoms with Crippen LogP contribution in [0.25, 0.3) is 15.2 Å². The smallest absolute Gasteiger partial charge is 0.300 e. The Morgan fingerprint density at radius 1 is 1.17 bits per heavy atom. The molecule has 0 saturated carbocycles. The molecule has 0 spiro atoms. The van der Waals surface area contributed by atoms with E-state index in [4.69, 9.17) is 0 Å². The molecule has 3 heterocycles. The maximum Gasteiger partial charge on any atom is 0.369 e. The number of carbonyl (C=O) groups is 1. The van der Waals surface area contributed by atoms with Gasteiger partial charge in [0.1, 0.15) is 11.5 Å². The lowest BCUT2D eigenvalue weighted by molar-refractivity contribution is -0.117. The number of nitrogens with zero attached hydrogens (tertiary/aromatic N) is 5. The third-order valence-corrected chi connectivity index (χ3v) is 4.98. The average molecular weight is 358 g/mol. The summed E-state index contributed by atoms with van der Waals surface area (Å²) in [6.45, 7) is -0.222. The van der Waals surface area contributed by atoms with Crippen molar-refractivity contribution in [1.29, 1.82) is 0 Å². The fourth-order valence-electron chi connectivity index (χ4n) is 2.12. The van der Waals surface area contributed by atoms with Crippen LogP contribution >= 0.6 is 22.7 Å². The van der Waals surface area contributed by atoms with E-state index in [0.717, 1.165) is 19.6 Å². The monoisotopic (exact) mass is 358 g/mol. The van der Waals surface area contributed by atoms with E-state index in [1.54, 1.807) is 6.07 Å². The van der Waals surface area contributed by atoms with Gasteiger partial charge in [-0.1, -0.05) is 23.5 Å². The number of fused-ring (bicyclic) bond motifs is 1. The first-order chi connectivity index (χ1) is 11.7. The first-order valence-electron chi connectivity index (χ1n) is 6.93. The molecule has 4 aromatic rings. The van der Waals surface area contributed by atoms with Gasteiger partial charge in [0.05, 0.1) is 10.2 Å². The molecule has 0 atom stereocenters. The number of aromatic nitrogens is 5. The third-order valence-electron chi connectivity index (χ3n) is 3.19. The number of nitrogens with one attached hydrogen (secondary N) is 1. The molecule has 1 aromatic carbocycles. The summed E-state index contributed by atoms with van der Waals surface area (Å²) in [7, 11) is 0. The highest BCUT2D eigenvalue weighted by Crippen LogP contribution is 2.25. The highest BCUT2D eigenvalue weighted by atomic mass is 32.1. The largest absolute Gasteiger partial charge is 0.369 e. The molecule has 1 amide bonds. The van der Waals surface area contributed by atoms with Crippen LogP contribution in [0.5, 0.6) is 0 Å². The number of carbonyl (C=O) groups excluding carboxylic acids is 1. The Labute approximate surface area is 143 Å². The molecular formula is C14H10N6O2S2. The predicted octanol–water partition coefficient (Wildman–Crippen LogP) is 1.74. The molecule has 0 aliphatic heterocycles. The van der Waals surface area contributed by atoms with Gasteiger partial charge in [-0.15, -0.1) is 11.3 Å². The Morgan fingerprint density at radius 3 is 2.83 bits per heavy atom. The van der Waals surface area contributed by atoms with Gasteiger partial charge in [-0.3, -0.25) is 4.79 Å². The summed E-state index contributed by atoms with van der Waals surface area (Å²) in [6, 6.07) is 11.2. The van der Waals surface area contributed by atoms with Crippen molar-refractivity contribution < 1.29 is 4.79 Å². The van der Waals surface area contributed by atoms with Crippen LogP contribution in [0, 0.1) is 0 Å². The molecule has 0 unspecified atom stereocenters. The second-order valence-electron chi connectivity index (χ2n) is 4.82. The summed E-state index contributed by atoms with van der Waals surface area (Å²) < 4.78 is 3.16. The molecule has 0 bridgehead atoms. The van der Waals surface area contributed by atoms with Crippen molar-refractivity contribution in [2.24, 2.45) is 0 Å². The van der Waals surface area contributed by atoms with Crippen molar-refractivity contribution in [2.45, 2.75) is 6.54 Å². The van der Waals surface area contributed by atoms with E-state index in [1.807, 2.05) is 35.7 Å². The summed E-state index contributed by atoms with van der Waals surface area (Å²) in [5.74, 6) is -0.380. The number of hydrogen-bond acceptors (Lipinski definition) is 7. The van der Waals surface area contributed by atoms with Crippen molar-refractivity contribution in [3.8, 4) is 5.00 Å². The number of benzene rings is 1. The summed E-state index contributed by atoms with van der Waals surface area (Å²) in [5.41, 5.74) is 0.357. The number of hydrogen-bond donors (Lipinski definition) is 1. The van der Waals surface area contributed by atoms with Crippen LogP contribution in [0.15, 0.2) is 46.6 Å². The summed E-state index contributed by atoms with van der Waals surface area (Å²) in [5, 5.41) is 13.2. The highest BCUT2D eigenvalue weighted by molar-refractivity contribution is 7.22. The quantitative estimate of drug-likeness (QED) is 0.600. The topological polar surface area (TPSA) is 94.7 Å². The van der Waals surface area contributed by atoms with Crippen LogP contribution in [-0.4, -0.2) is 30.7 Å². The van der Waals surface area contributed by atoms with Crippen molar-refractivity contribution in [2.75, 3.05) is 5.32 Å². The Kier molecular flexibility index (Phi) is 3.67. The van der Waals surface area contributed by atoms with E-state index in [1.165, 1.54) is 22.7 Å². The van der Waals surface area contributed by atoms with Gasteiger partial charge in [-0.25, -0.2) is 9.78 Å². The molecule has 0 aliphatic carbocycles. The SMILES string of the molecule is O=C(Cn1nnn(-c2cccs2)c1=O)Nc1nc2ccccc2s1. The van der Waals surface area contributed by atoms with E-state index in [9.17, 15) is 9.59 Å². The number of thiophene rings is 1. The predicted molar refractivity (Wildman–Crippen MR) is 91.7 cm³/mol. The minimum absolute atomic E-state index is 0.222. The first kappa shape index (κ1) is 14.7. The molecule has 3 aromatic heterocycles. The van der Waals surface area contributed by atoms with Crippen LogP contribution in [0.2, 0.25) is 0 Å².